The summed E-state index contributed by atoms with van der Waals surface area (Å²) in [4.78, 5) is 8.66. The Kier molecular flexibility index (Phi) is 7.08. The van der Waals surface area contributed by atoms with Crippen LogP contribution in [0.25, 0.3) is 11.1 Å². The highest BCUT2D eigenvalue weighted by molar-refractivity contribution is 6.31. The van der Waals surface area contributed by atoms with Gasteiger partial charge < -0.3 is 15.4 Å². The molecule has 1 unspecified atom stereocenters. The van der Waals surface area contributed by atoms with E-state index in [9.17, 15) is 17.6 Å². The smallest absolute Gasteiger partial charge is 0.419 e. The van der Waals surface area contributed by atoms with E-state index in [1.54, 1.807) is 0 Å². The number of hydrogen-bond acceptors (Lipinski definition) is 5. The molecule has 1 heterocycles. The number of rotatable bonds is 7. The summed E-state index contributed by atoms with van der Waals surface area (Å²) in [6.07, 6.45) is -2.40. The molecular formula is C22H21ClF4N4O. The highest BCUT2D eigenvalue weighted by Gasteiger charge is 2.34. The first kappa shape index (κ1) is 23.6. The number of alkyl halides is 3. The van der Waals surface area contributed by atoms with Gasteiger partial charge in [-0.05, 0) is 49.2 Å². The van der Waals surface area contributed by atoms with Crippen LogP contribution >= 0.6 is 11.6 Å². The van der Waals surface area contributed by atoms with E-state index in [-0.39, 0.29) is 28.3 Å². The molecular weight excluding hydrogens is 448 g/mol. The van der Waals surface area contributed by atoms with Crippen LogP contribution in [-0.2, 0) is 6.18 Å². The molecule has 0 radical (unpaired) electrons. The molecule has 10 heteroatoms. The van der Waals surface area contributed by atoms with Gasteiger partial charge in [0.15, 0.2) is 0 Å². The average Bonchev–Trinajstić information content (AvgIpc) is 2.75. The molecule has 1 aromatic heterocycles. The Morgan fingerprint density at radius 1 is 1.16 bits per heavy atom. The molecule has 170 valence electrons. The molecule has 1 atom stereocenters. The van der Waals surface area contributed by atoms with Crippen molar-refractivity contribution in [3.63, 3.8) is 0 Å². The maximum Gasteiger partial charge on any atom is 0.419 e. The monoisotopic (exact) mass is 468 g/mol. The highest BCUT2D eigenvalue weighted by Crippen LogP contribution is 2.40. The molecule has 0 spiro atoms. The molecule has 32 heavy (non-hydrogen) atoms. The van der Waals surface area contributed by atoms with Gasteiger partial charge in [0, 0.05) is 23.5 Å². The van der Waals surface area contributed by atoms with Crippen molar-refractivity contribution in [3.05, 3.63) is 59.0 Å². The Morgan fingerprint density at radius 3 is 2.53 bits per heavy atom. The first-order valence-electron chi connectivity index (χ1n) is 9.73. The molecule has 0 aliphatic rings. The van der Waals surface area contributed by atoms with Gasteiger partial charge in [-0.15, -0.1) is 0 Å². The van der Waals surface area contributed by atoms with Gasteiger partial charge in [0.1, 0.15) is 17.4 Å². The van der Waals surface area contributed by atoms with Crippen molar-refractivity contribution < 1.29 is 22.3 Å². The van der Waals surface area contributed by atoms with E-state index in [1.165, 1.54) is 43.6 Å². The summed E-state index contributed by atoms with van der Waals surface area (Å²) in [6, 6.07) is 7.84. The highest BCUT2D eigenvalue weighted by atomic mass is 35.5. The van der Waals surface area contributed by atoms with E-state index in [2.05, 4.69) is 20.6 Å². The van der Waals surface area contributed by atoms with Gasteiger partial charge in [-0.2, -0.15) is 18.2 Å². The lowest BCUT2D eigenvalue weighted by molar-refractivity contribution is -0.138. The third-order valence-electron chi connectivity index (χ3n) is 4.78. The Labute approximate surface area is 187 Å². The summed E-state index contributed by atoms with van der Waals surface area (Å²) in [5.74, 6) is -0.312. The fourth-order valence-electron chi connectivity index (χ4n) is 2.90. The molecule has 0 saturated heterocycles. The lowest BCUT2D eigenvalue weighted by atomic mass is 10.0. The van der Waals surface area contributed by atoms with Crippen LogP contribution in [-0.4, -0.2) is 23.1 Å². The lowest BCUT2D eigenvalue weighted by Gasteiger charge is -2.18. The van der Waals surface area contributed by atoms with Crippen molar-refractivity contribution in [2.24, 2.45) is 0 Å². The fraction of sp³-hybridized carbons (Fsp3) is 0.273. The minimum Gasteiger partial charge on any atom is -0.496 e. The zero-order valence-electron chi connectivity index (χ0n) is 17.5. The number of ether oxygens (including phenoxy) is 1. The molecule has 0 fully saturated rings. The number of nitrogens with one attached hydrogen (secondary N) is 2. The Balaban J connectivity index is 2.04. The van der Waals surface area contributed by atoms with Crippen LogP contribution in [0.5, 0.6) is 5.75 Å². The fourth-order valence-corrected chi connectivity index (χ4v) is 3.08. The largest absolute Gasteiger partial charge is 0.496 e. The summed E-state index contributed by atoms with van der Waals surface area (Å²) < 4.78 is 58.7. The van der Waals surface area contributed by atoms with Crippen LogP contribution in [0.1, 0.15) is 25.8 Å². The van der Waals surface area contributed by atoms with Crippen molar-refractivity contribution in [1.29, 1.82) is 0 Å². The maximum atomic E-state index is 13.5. The van der Waals surface area contributed by atoms with Crippen LogP contribution in [0, 0.1) is 5.82 Å². The Morgan fingerprint density at radius 2 is 1.91 bits per heavy atom. The lowest BCUT2D eigenvalue weighted by Crippen LogP contribution is -2.16. The molecule has 0 aliphatic carbocycles. The number of methoxy groups -OCH3 is 1. The summed E-state index contributed by atoms with van der Waals surface area (Å²) in [7, 11) is 1.19. The molecule has 0 bridgehead atoms. The van der Waals surface area contributed by atoms with Crippen LogP contribution in [0.4, 0.5) is 35.0 Å². The number of benzene rings is 2. The van der Waals surface area contributed by atoms with Crippen molar-refractivity contribution in [2.75, 3.05) is 17.7 Å². The van der Waals surface area contributed by atoms with Gasteiger partial charge >= 0.3 is 6.18 Å². The first-order chi connectivity index (χ1) is 15.1. The van der Waals surface area contributed by atoms with Crippen molar-refractivity contribution >= 4 is 29.1 Å². The molecule has 5 nitrogen and oxygen atoms in total. The topological polar surface area (TPSA) is 59.1 Å². The summed E-state index contributed by atoms with van der Waals surface area (Å²) >= 11 is 5.81. The number of anilines is 3. The second kappa shape index (κ2) is 9.60. The van der Waals surface area contributed by atoms with Gasteiger partial charge in [0.05, 0.1) is 17.7 Å². The van der Waals surface area contributed by atoms with E-state index < -0.39 is 17.6 Å². The van der Waals surface area contributed by atoms with Crippen molar-refractivity contribution in [2.45, 2.75) is 32.5 Å². The van der Waals surface area contributed by atoms with E-state index in [1.807, 2.05) is 13.8 Å². The number of aromatic nitrogens is 2. The molecule has 0 aliphatic heterocycles. The summed E-state index contributed by atoms with van der Waals surface area (Å²) in [5, 5.41) is 6.06. The third kappa shape index (κ3) is 5.40. The van der Waals surface area contributed by atoms with E-state index in [0.717, 1.165) is 12.5 Å². The van der Waals surface area contributed by atoms with Crippen LogP contribution in [0.15, 0.2) is 42.6 Å². The van der Waals surface area contributed by atoms with Gasteiger partial charge in [0.2, 0.25) is 5.95 Å². The van der Waals surface area contributed by atoms with Gasteiger partial charge in [-0.25, -0.2) is 9.37 Å². The second-order valence-corrected chi connectivity index (χ2v) is 7.48. The minimum atomic E-state index is -4.59. The van der Waals surface area contributed by atoms with Crippen LogP contribution in [0.2, 0.25) is 5.02 Å². The summed E-state index contributed by atoms with van der Waals surface area (Å²) in [6.45, 7) is 3.89. The van der Waals surface area contributed by atoms with Gasteiger partial charge in [-0.1, -0.05) is 24.6 Å². The first-order valence-corrected chi connectivity index (χ1v) is 10.1. The summed E-state index contributed by atoms with van der Waals surface area (Å²) in [5.41, 5.74) is 0.235. The van der Waals surface area contributed by atoms with E-state index >= 15 is 0 Å². The van der Waals surface area contributed by atoms with E-state index in [4.69, 9.17) is 16.3 Å². The maximum absolute atomic E-state index is 13.5. The quantitative estimate of drug-likeness (QED) is 0.369. The molecule has 3 aromatic rings. The Hall–Kier alpha value is -3.07. The predicted molar refractivity (Wildman–Crippen MR) is 117 cm³/mol. The Bertz CT molecular complexity index is 1110. The zero-order chi connectivity index (χ0) is 23.5. The number of hydrogen-bond donors (Lipinski definition) is 2. The van der Waals surface area contributed by atoms with Gasteiger partial charge in [0.25, 0.3) is 0 Å². The molecule has 2 N–H and O–H groups in total. The van der Waals surface area contributed by atoms with Crippen molar-refractivity contribution in [3.8, 4) is 16.9 Å². The standard InChI is InChI=1S/C22H21ClF4N4O/c1-4-12(2)29-20-15(13-5-8-19(32-3)16(9-13)22(25,26)27)11-28-21(31-20)30-14-6-7-18(24)17(23)10-14/h5-12H,4H2,1-3H3,(H2,28,29,30,31). The predicted octanol–water partition coefficient (Wildman–Crippen LogP) is 6.92. The SMILES string of the molecule is CCC(C)Nc1nc(Nc2ccc(F)c(Cl)c2)ncc1-c1ccc(OC)c(C(F)(F)F)c1. The number of nitrogens with zero attached hydrogens (tertiary/aromatic N) is 2. The minimum absolute atomic E-state index is 0.00268. The third-order valence-corrected chi connectivity index (χ3v) is 5.07. The van der Waals surface area contributed by atoms with Crippen molar-refractivity contribution in [1.82, 2.24) is 9.97 Å². The number of halogens is 5. The molecule has 3 rings (SSSR count). The normalized spacial score (nSPS) is 12.4. The molecule has 2 aromatic carbocycles. The van der Waals surface area contributed by atoms with Crippen LogP contribution < -0.4 is 15.4 Å². The van der Waals surface area contributed by atoms with Gasteiger partial charge in [-0.3, -0.25) is 0 Å². The van der Waals surface area contributed by atoms with Crippen LogP contribution in [0.3, 0.4) is 0 Å². The second-order valence-electron chi connectivity index (χ2n) is 7.08. The molecule has 0 saturated carbocycles. The van der Waals surface area contributed by atoms with E-state index in [0.29, 0.717) is 17.1 Å². The average molecular weight is 469 g/mol. The zero-order valence-corrected chi connectivity index (χ0v) is 18.3. The molecule has 0 amide bonds.